The first kappa shape index (κ1) is 10.6. The lowest BCUT2D eigenvalue weighted by Gasteiger charge is -2.05. The van der Waals surface area contributed by atoms with E-state index in [1.165, 1.54) is 0 Å². The highest BCUT2D eigenvalue weighted by molar-refractivity contribution is 5.78. The predicted molar refractivity (Wildman–Crippen MR) is 47.6 cm³/mol. The molecule has 1 atom stereocenters. The summed E-state index contributed by atoms with van der Waals surface area (Å²) in [7, 11) is 2.06. The zero-order valence-corrected chi connectivity index (χ0v) is 8.05. The van der Waals surface area contributed by atoms with Gasteiger partial charge in [-0.2, -0.15) is 0 Å². The van der Waals surface area contributed by atoms with Crippen LogP contribution in [0.1, 0.15) is 27.2 Å². The van der Waals surface area contributed by atoms with E-state index in [1.807, 2.05) is 13.8 Å². The minimum absolute atomic E-state index is 0.329. The zero-order chi connectivity index (χ0) is 8.85. The number of hydrogen-bond acceptors (Lipinski definition) is 2. The fraction of sp³-hybridized carbons (Fsp3) is 0.889. The quantitative estimate of drug-likeness (QED) is 0.575. The Balaban J connectivity index is 0.000000461. The third-order valence-corrected chi connectivity index (χ3v) is 1.97. The maximum atomic E-state index is 10.8. The molecular formula is C9H19NO. The molecule has 1 rings (SSSR count). The molecule has 0 amide bonds. The molecule has 0 bridgehead atoms. The molecule has 0 saturated carbocycles. The molecule has 0 radical (unpaired) electrons. The van der Waals surface area contributed by atoms with Gasteiger partial charge in [0.2, 0.25) is 0 Å². The zero-order valence-electron chi connectivity index (χ0n) is 8.05. The molecule has 11 heavy (non-hydrogen) atoms. The molecule has 0 aliphatic carbocycles. The smallest absolute Gasteiger partial charge is 0.134 e. The van der Waals surface area contributed by atoms with Crippen molar-refractivity contribution in [2.75, 3.05) is 20.1 Å². The van der Waals surface area contributed by atoms with Gasteiger partial charge in [-0.15, -0.1) is 0 Å². The van der Waals surface area contributed by atoms with Crippen LogP contribution in [0, 0.1) is 5.92 Å². The molecule has 1 fully saturated rings. The third-order valence-electron chi connectivity index (χ3n) is 1.97. The van der Waals surface area contributed by atoms with Gasteiger partial charge in [0.1, 0.15) is 5.78 Å². The fourth-order valence-corrected chi connectivity index (χ4v) is 1.27. The SMILES string of the molecule is CC.CC(=O)[C@@H]1CCN(C)C1. The van der Waals surface area contributed by atoms with Crippen LogP contribution < -0.4 is 0 Å². The van der Waals surface area contributed by atoms with Crippen LogP contribution in [0.25, 0.3) is 0 Å². The van der Waals surface area contributed by atoms with Gasteiger partial charge in [-0.05, 0) is 26.9 Å². The highest BCUT2D eigenvalue weighted by Gasteiger charge is 2.22. The molecule has 0 unspecified atom stereocenters. The maximum Gasteiger partial charge on any atom is 0.134 e. The normalized spacial score (nSPS) is 24.2. The molecule has 2 heteroatoms. The summed E-state index contributed by atoms with van der Waals surface area (Å²) in [5, 5.41) is 0. The Labute approximate surface area is 69.6 Å². The van der Waals surface area contributed by atoms with Gasteiger partial charge in [0.25, 0.3) is 0 Å². The highest BCUT2D eigenvalue weighted by atomic mass is 16.1. The van der Waals surface area contributed by atoms with Crippen molar-refractivity contribution >= 4 is 5.78 Å². The van der Waals surface area contributed by atoms with Crippen molar-refractivity contribution < 1.29 is 4.79 Å². The molecule has 1 heterocycles. The topological polar surface area (TPSA) is 20.3 Å². The molecule has 0 aromatic carbocycles. The number of ketones is 1. The van der Waals surface area contributed by atoms with Crippen molar-refractivity contribution in [1.82, 2.24) is 4.90 Å². The van der Waals surface area contributed by atoms with Crippen molar-refractivity contribution in [3.05, 3.63) is 0 Å². The first-order chi connectivity index (χ1) is 5.20. The van der Waals surface area contributed by atoms with E-state index < -0.39 is 0 Å². The number of hydrogen-bond donors (Lipinski definition) is 0. The van der Waals surface area contributed by atoms with Crippen LogP contribution in [-0.2, 0) is 4.79 Å². The van der Waals surface area contributed by atoms with E-state index >= 15 is 0 Å². The van der Waals surface area contributed by atoms with Gasteiger partial charge in [0, 0.05) is 12.5 Å². The molecule has 0 N–H and O–H groups in total. The molecule has 1 aliphatic rings. The van der Waals surface area contributed by atoms with Gasteiger partial charge in [-0.3, -0.25) is 4.79 Å². The fourth-order valence-electron chi connectivity index (χ4n) is 1.27. The number of rotatable bonds is 1. The largest absolute Gasteiger partial charge is 0.306 e. The summed E-state index contributed by atoms with van der Waals surface area (Å²) in [6.45, 7) is 7.74. The van der Waals surface area contributed by atoms with Crippen LogP contribution in [0.2, 0.25) is 0 Å². The third kappa shape index (κ3) is 3.51. The van der Waals surface area contributed by atoms with Gasteiger partial charge >= 0.3 is 0 Å². The van der Waals surface area contributed by atoms with Crippen molar-refractivity contribution in [1.29, 1.82) is 0 Å². The average Bonchev–Trinajstić information content (AvgIpc) is 2.40. The van der Waals surface area contributed by atoms with E-state index in [0.717, 1.165) is 19.5 Å². The van der Waals surface area contributed by atoms with E-state index in [1.54, 1.807) is 6.92 Å². The van der Waals surface area contributed by atoms with Crippen LogP contribution in [0.5, 0.6) is 0 Å². The summed E-state index contributed by atoms with van der Waals surface area (Å²) in [5.41, 5.74) is 0. The minimum atomic E-state index is 0.329. The lowest BCUT2D eigenvalue weighted by molar-refractivity contribution is -0.120. The van der Waals surface area contributed by atoms with E-state index in [9.17, 15) is 4.79 Å². The van der Waals surface area contributed by atoms with Crippen molar-refractivity contribution in [3.8, 4) is 0 Å². The van der Waals surface area contributed by atoms with Crippen LogP contribution in [0.3, 0.4) is 0 Å². The van der Waals surface area contributed by atoms with Gasteiger partial charge in [0.05, 0.1) is 0 Å². The first-order valence-corrected chi connectivity index (χ1v) is 4.39. The number of carbonyl (C=O) groups is 1. The summed E-state index contributed by atoms with van der Waals surface area (Å²) in [6, 6.07) is 0. The second-order valence-corrected chi connectivity index (χ2v) is 2.86. The standard InChI is InChI=1S/C7H13NO.C2H6/c1-6(9)7-3-4-8(2)5-7;1-2/h7H,3-5H2,1-2H3;1-2H3/t7-;/m1./s1. The number of likely N-dealkylation sites (tertiary alicyclic amines) is 1. The Morgan fingerprint density at radius 3 is 2.18 bits per heavy atom. The monoisotopic (exact) mass is 157 g/mol. The summed E-state index contributed by atoms with van der Waals surface area (Å²) in [5.74, 6) is 0.675. The minimum Gasteiger partial charge on any atom is -0.306 e. The summed E-state index contributed by atoms with van der Waals surface area (Å²) >= 11 is 0. The van der Waals surface area contributed by atoms with Crippen LogP contribution >= 0.6 is 0 Å². The Hall–Kier alpha value is -0.370. The lowest BCUT2D eigenvalue weighted by Crippen LogP contribution is -2.17. The number of Topliss-reactive ketones (excluding diaryl/α,β-unsaturated/α-hetero) is 1. The lowest BCUT2D eigenvalue weighted by atomic mass is 10.1. The molecule has 1 saturated heterocycles. The maximum absolute atomic E-state index is 10.8. The van der Waals surface area contributed by atoms with E-state index in [0.29, 0.717) is 11.7 Å². The Bertz CT molecular complexity index is 123. The Morgan fingerprint density at radius 1 is 1.45 bits per heavy atom. The average molecular weight is 157 g/mol. The number of nitrogens with zero attached hydrogens (tertiary/aromatic N) is 1. The first-order valence-electron chi connectivity index (χ1n) is 4.39. The second kappa shape index (κ2) is 5.30. The highest BCUT2D eigenvalue weighted by Crippen LogP contribution is 2.14. The molecule has 0 aromatic heterocycles. The molecular weight excluding hydrogens is 138 g/mol. The van der Waals surface area contributed by atoms with E-state index in [-0.39, 0.29) is 0 Å². The van der Waals surface area contributed by atoms with E-state index in [4.69, 9.17) is 0 Å². The second-order valence-electron chi connectivity index (χ2n) is 2.86. The molecule has 0 spiro atoms. The van der Waals surface area contributed by atoms with Gasteiger partial charge in [-0.1, -0.05) is 13.8 Å². The van der Waals surface area contributed by atoms with Crippen molar-refractivity contribution in [2.45, 2.75) is 27.2 Å². The van der Waals surface area contributed by atoms with Crippen LogP contribution in [0.4, 0.5) is 0 Å². The summed E-state index contributed by atoms with van der Waals surface area (Å²) in [4.78, 5) is 13.0. The van der Waals surface area contributed by atoms with Crippen molar-refractivity contribution in [2.24, 2.45) is 5.92 Å². The Morgan fingerprint density at radius 2 is 2.00 bits per heavy atom. The molecule has 0 aromatic rings. The predicted octanol–water partition coefficient (Wildman–Crippen LogP) is 1.55. The summed E-state index contributed by atoms with van der Waals surface area (Å²) < 4.78 is 0. The molecule has 2 nitrogen and oxygen atoms in total. The number of carbonyl (C=O) groups excluding carboxylic acids is 1. The van der Waals surface area contributed by atoms with Crippen LogP contribution in [-0.4, -0.2) is 30.8 Å². The van der Waals surface area contributed by atoms with Gasteiger partial charge < -0.3 is 4.90 Å². The molecule has 1 aliphatic heterocycles. The van der Waals surface area contributed by atoms with E-state index in [2.05, 4.69) is 11.9 Å². The Kier molecular flexibility index (Phi) is 5.12. The summed E-state index contributed by atoms with van der Waals surface area (Å²) in [6.07, 6.45) is 1.06. The van der Waals surface area contributed by atoms with Crippen LogP contribution in [0.15, 0.2) is 0 Å². The van der Waals surface area contributed by atoms with Crippen molar-refractivity contribution in [3.63, 3.8) is 0 Å². The van der Waals surface area contributed by atoms with Gasteiger partial charge in [0.15, 0.2) is 0 Å². The molecule has 66 valence electrons. The van der Waals surface area contributed by atoms with Gasteiger partial charge in [-0.25, -0.2) is 0 Å².